The number of rotatable bonds is 6. The molecule has 0 saturated heterocycles. The number of nitrogen functional groups attached to an aromatic ring is 1. The van der Waals surface area contributed by atoms with Gasteiger partial charge in [-0.05, 0) is 37.1 Å². The van der Waals surface area contributed by atoms with Crippen LogP contribution in [0.15, 0.2) is 12.1 Å². The summed E-state index contributed by atoms with van der Waals surface area (Å²) in [6.45, 7) is 7.52. The molecule has 7 N–H and O–H groups in total. The summed E-state index contributed by atoms with van der Waals surface area (Å²) in [4.78, 5) is 1.98. The van der Waals surface area contributed by atoms with Gasteiger partial charge in [-0.15, -0.1) is 0 Å². The maximum Gasteiger partial charge on any atom is 0.111 e. The number of aliphatic hydroxyl groups excluding tert-OH is 5. The quantitative estimate of drug-likeness (QED) is 0.380. The molecular weight excluding hydrogens is 324 g/mol. The lowest BCUT2D eigenvalue weighted by molar-refractivity contribution is -0.113. The highest BCUT2D eigenvalue weighted by Gasteiger charge is 2.43. The van der Waals surface area contributed by atoms with Crippen LogP contribution in [-0.2, 0) is 5.41 Å². The number of nitrogens with zero attached hydrogens (tertiary/aromatic N) is 1. The Hall–Kier alpha value is -1.38. The highest BCUT2D eigenvalue weighted by atomic mass is 16.4. The third-order valence-electron chi connectivity index (χ3n) is 5.61. The largest absolute Gasteiger partial charge is 0.399 e. The van der Waals surface area contributed by atoms with Gasteiger partial charge in [0.15, 0.2) is 0 Å². The number of hydrogen-bond acceptors (Lipinski definition) is 7. The van der Waals surface area contributed by atoms with Crippen molar-refractivity contribution in [3.8, 4) is 0 Å². The van der Waals surface area contributed by atoms with Crippen LogP contribution in [0.5, 0.6) is 0 Å². The van der Waals surface area contributed by atoms with Crippen LogP contribution in [0.3, 0.4) is 0 Å². The number of nitrogens with two attached hydrogens (primary N) is 1. The SMILES string of the molecule is Cc1cc2c(cc1N)C(C)(C)C(C)N2CC(O)C(O)C(O)C(O)CO. The number of aryl methyl sites for hydroxylation is 1. The Balaban J connectivity index is 2.27. The van der Waals surface area contributed by atoms with Crippen molar-refractivity contribution in [3.63, 3.8) is 0 Å². The minimum Gasteiger partial charge on any atom is -0.399 e. The molecule has 0 amide bonds. The second kappa shape index (κ2) is 7.09. The summed E-state index contributed by atoms with van der Waals surface area (Å²) in [7, 11) is 0. The second-order valence-electron chi connectivity index (χ2n) is 7.57. The van der Waals surface area contributed by atoms with Gasteiger partial charge >= 0.3 is 0 Å². The molecule has 1 heterocycles. The Morgan fingerprint density at radius 1 is 1.12 bits per heavy atom. The molecule has 0 bridgehead atoms. The molecule has 0 fully saturated rings. The number of fused-ring (bicyclic) bond motifs is 1. The summed E-state index contributed by atoms with van der Waals surface area (Å²) in [6.07, 6.45) is -6.00. The van der Waals surface area contributed by atoms with Gasteiger partial charge < -0.3 is 36.2 Å². The molecule has 2 rings (SSSR count). The zero-order chi connectivity index (χ0) is 19.1. The Morgan fingerprint density at radius 2 is 1.68 bits per heavy atom. The van der Waals surface area contributed by atoms with Crippen LogP contribution >= 0.6 is 0 Å². The van der Waals surface area contributed by atoms with Crippen LogP contribution in [0.4, 0.5) is 11.4 Å². The monoisotopic (exact) mass is 354 g/mol. The molecule has 1 aliphatic heterocycles. The number of benzene rings is 1. The van der Waals surface area contributed by atoms with E-state index in [0.29, 0.717) is 5.69 Å². The van der Waals surface area contributed by atoms with E-state index in [-0.39, 0.29) is 18.0 Å². The van der Waals surface area contributed by atoms with Crippen molar-refractivity contribution in [3.05, 3.63) is 23.3 Å². The molecule has 5 atom stereocenters. The third kappa shape index (κ3) is 3.47. The first-order valence-corrected chi connectivity index (χ1v) is 8.52. The average molecular weight is 354 g/mol. The normalized spacial score (nSPS) is 23.9. The first-order valence-electron chi connectivity index (χ1n) is 8.52. The predicted octanol–water partition coefficient (Wildman–Crippen LogP) is -0.501. The van der Waals surface area contributed by atoms with E-state index in [2.05, 4.69) is 13.8 Å². The summed E-state index contributed by atoms with van der Waals surface area (Å²) in [5.74, 6) is 0. The fraction of sp³-hybridized carbons (Fsp3) is 0.667. The molecule has 0 spiro atoms. The fourth-order valence-corrected chi connectivity index (χ4v) is 3.42. The molecular formula is C18H30N2O5. The van der Waals surface area contributed by atoms with E-state index in [1.807, 2.05) is 30.9 Å². The van der Waals surface area contributed by atoms with Gasteiger partial charge in [0, 0.05) is 29.4 Å². The summed E-state index contributed by atoms with van der Waals surface area (Å²) in [5, 5.41) is 48.6. The maximum atomic E-state index is 10.4. The van der Waals surface area contributed by atoms with Gasteiger partial charge in [-0.25, -0.2) is 0 Å². The molecule has 0 aromatic heterocycles. The van der Waals surface area contributed by atoms with Gasteiger partial charge in [0.25, 0.3) is 0 Å². The van der Waals surface area contributed by atoms with Gasteiger partial charge in [-0.3, -0.25) is 0 Å². The number of β-amino-alcohol motifs (C(OH)–C–C–N with tert-alkyl or cyclic N) is 1. The molecule has 7 heteroatoms. The maximum absolute atomic E-state index is 10.4. The van der Waals surface area contributed by atoms with E-state index in [4.69, 9.17) is 10.8 Å². The summed E-state index contributed by atoms with van der Waals surface area (Å²) < 4.78 is 0. The van der Waals surface area contributed by atoms with E-state index >= 15 is 0 Å². The first-order chi connectivity index (χ1) is 11.5. The molecule has 0 aliphatic carbocycles. The second-order valence-corrected chi connectivity index (χ2v) is 7.57. The van der Waals surface area contributed by atoms with Gasteiger partial charge in [-0.2, -0.15) is 0 Å². The lowest BCUT2D eigenvalue weighted by atomic mass is 9.81. The molecule has 0 saturated carbocycles. The molecule has 5 unspecified atom stereocenters. The molecule has 1 aromatic rings. The van der Waals surface area contributed by atoms with Crippen LogP contribution in [0.25, 0.3) is 0 Å². The third-order valence-corrected chi connectivity index (χ3v) is 5.61. The Bertz CT molecular complexity index is 622. The van der Waals surface area contributed by atoms with Crippen LogP contribution in [0, 0.1) is 6.92 Å². The van der Waals surface area contributed by atoms with Gasteiger partial charge in [0.1, 0.15) is 18.3 Å². The van der Waals surface area contributed by atoms with Crippen LogP contribution in [0.1, 0.15) is 31.9 Å². The van der Waals surface area contributed by atoms with E-state index in [9.17, 15) is 20.4 Å². The highest BCUT2D eigenvalue weighted by Crippen LogP contribution is 2.46. The highest BCUT2D eigenvalue weighted by molar-refractivity contribution is 5.70. The summed E-state index contributed by atoms with van der Waals surface area (Å²) >= 11 is 0. The van der Waals surface area contributed by atoms with Crippen molar-refractivity contribution >= 4 is 11.4 Å². The van der Waals surface area contributed by atoms with Gasteiger partial charge in [0.05, 0.1) is 12.7 Å². The Morgan fingerprint density at radius 3 is 2.24 bits per heavy atom. The van der Waals surface area contributed by atoms with Crippen molar-refractivity contribution in [2.24, 2.45) is 0 Å². The van der Waals surface area contributed by atoms with E-state index in [1.165, 1.54) is 0 Å². The van der Waals surface area contributed by atoms with Gasteiger partial charge in [-0.1, -0.05) is 13.8 Å². The molecule has 142 valence electrons. The van der Waals surface area contributed by atoms with E-state index < -0.39 is 31.0 Å². The molecule has 1 aromatic carbocycles. The number of hydrogen-bond donors (Lipinski definition) is 6. The van der Waals surface area contributed by atoms with E-state index in [0.717, 1.165) is 16.8 Å². The average Bonchev–Trinajstić information content (AvgIpc) is 2.74. The smallest absolute Gasteiger partial charge is 0.111 e. The zero-order valence-corrected chi connectivity index (χ0v) is 15.2. The minimum atomic E-state index is -1.63. The molecule has 1 aliphatic rings. The van der Waals surface area contributed by atoms with Crippen molar-refractivity contribution in [2.75, 3.05) is 23.8 Å². The minimum absolute atomic E-state index is 0.0328. The molecule has 25 heavy (non-hydrogen) atoms. The first kappa shape index (κ1) is 19.9. The number of anilines is 2. The topological polar surface area (TPSA) is 130 Å². The summed E-state index contributed by atoms with van der Waals surface area (Å²) in [6, 6.07) is 3.95. The van der Waals surface area contributed by atoms with Crippen molar-refractivity contribution in [1.82, 2.24) is 0 Å². The van der Waals surface area contributed by atoms with E-state index in [1.54, 1.807) is 0 Å². The Labute approximate surface area is 148 Å². The Kier molecular flexibility index (Phi) is 5.65. The number of aliphatic hydroxyl groups is 5. The standard InChI is InChI=1S/C18H30N2O5/c1-9-5-13-11(6-12(9)19)18(3,4)10(2)20(13)7-14(22)16(24)17(25)15(23)8-21/h5-6,10,14-17,21-25H,7-8,19H2,1-4H3. The molecule has 0 radical (unpaired) electrons. The fourth-order valence-electron chi connectivity index (χ4n) is 3.42. The van der Waals surface area contributed by atoms with Crippen LogP contribution in [-0.4, -0.2) is 69.1 Å². The summed E-state index contributed by atoms with van der Waals surface area (Å²) in [5.41, 5.74) is 9.50. The van der Waals surface area contributed by atoms with Crippen molar-refractivity contribution < 1.29 is 25.5 Å². The van der Waals surface area contributed by atoms with Crippen LogP contribution in [0.2, 0.25) is 0 Å². The molecule has 7 nitrogen and oxygen atoms in total. The van der Waals surface area contributed by atoms with Crippen LogP contribution < -0.4 is 10.6 Å². The predicted molar refractivity (Wildman–Crippen MR) is 96.5 cm³/mol. The lowest BCUT2D eigenvalue weighted by Gasteiger charge is -2.35. The zero-order valence-electron chi connectivity index (χ0n) is 15.2. The van der Waals surface area contributed by atoms with Crippen molar-refractivity contribution in [2.45, 2.75) is 63.6 Å². The van der Waals surface area contributed by atoms with Crippen molar-refractivity contribution in [1.29, 1.82) is 0 Å². The lowest BCUT2D eigenvalue weighted by Crippen LogP contribution is -2.51. The van der Waals surface area contributed by atoms with Gasteiger partial charge in [0.2, 0.25) is 0 Å².